The zero-order chi connectivity index (χ0) is 14.2. The fourth-order valence-electron chi connectivity index (χ4n) is 3.40. The summed E-state index contributed by atoms with van der Waals surface area (Å²) in [5.41, 5.74) is 0. The molecule has 2 saturated heterocycles. The molecule has 0 bridgehead atoms. The maximum Gasteiger partial charge on any atom is 0.0598 e. The number of aliphatic hydroxyl groups is 1. The topological polar surface area (TPSA) is 38.7 Å². The zero-order valence-corrected chi connectivity index (χ0v) is 12.6. The number of nitrogens with zero attached hydrogens (tertiary/aromatic N) is 2. The number of rotatable bonds is 6. The maximum absolute atomic E-state index is 9.41. The average molecular weight is 279 g/mol. The Morgan fingerprint density at radius 1 is 1.15 bits per heavy atom. The molecule has 1 atom stereocenters. The second-order valence-electron chi connectivity index (χ2n) is 6.08. The third-order valence-electron chi connectivity index (χ3n) is 4.69. The first-order valence-electron chi connectivity index (χ1n) is 8.07. The molecular weight excluding hydrogens is 250 g/mol. The van der Waals surface area contributed by atoms with Crippen LogP contribution in [0.3, 0.4) is 0 Å². The van der Waals surface area contributed by atoms with Gasteiger partial charge in [0, 0.05) is 38.3 Å². The van der Waals surface area contributed by atoms with Gasteiger partial charge in [-0.2, -0.15) is 0 Å². The van der Waals surface area contributed by atoms with Gasteiger partial charge >= 0.3 is 0 Å². The van der Waals surface area contributed by atoms with Gasteiger partial charge in [0.1, 0.15) is 0 Å². The van der Waals surface area contributed by atoms with Crippen molar-refractivity contribution in [1.82, 2.24) is 15.1 Å². The van der Waals surface area contributed by atoms with Crippen LogP contribution in [0.25, 0.3) is 0 Å². The highest BCUT2D eigenvalue weighted by atomic mass is 16.3. The van der Waals surface area contributed by atoms with Crippen molar-refractivity contribution in [3.63, 3.8) is 0 Å². The average Bonchev–Trinajstić information content (AvgIpc) is 2.50. The number of likely N-dealkylation sites (tertiary alicyclic amines) is 2. The van der Waals surface area contributed by atoms with Crippen LogP contribution in [0.1, 0.15) is 32.1 Å². The molecule has 0 aromatic rings. The summed E-state index contributed by atoms with van der Waals surface area (Å²) in [6.45, 7) is 6.58. The SMILES string of the molecule is C#CCN1CCC(NCCN2CCCCC2CO)CC1. The van der Waals surface area contributed by atoms with Crippen LogP contribution in [-0.4, -0.2) is 72.9 Å². The molecule has 0 radical (unpaired) electrons. The minimum absolute atomic E-state index is 0.310. The summed E-state index contributed by atoms with van der Waals surface area (Å²) in [5.74, 6) is 2.72. The van der Waals surface area contributed by atoms with Crippen LogP contribution in [0.4, 0.5) is 0 Å². The van der Waals surface area contributed by atoms with Gasteiger partial charge in [-0.1, -0.05) is 12.3 Å². The minimum Gasteiger partial charge on any atom is -0.395 e. The highest BCUT2D eigenvalue weighted by molar-refractivity contribution is 4.90. The summed E-state index contributed by atoms with van der Waals surface area (Å²) in [6, 6.07) is 1.03. The normalized spacial score (nSPS) is 26.5. The number of hydrogen-bond acceptors (Lipinski definition) is 4. The van der Waals surface area contributed by atoms with Crippen molar-refractivity contribution in [3.05, 3.63) is 0 Å². The van der Waals surface area contributed by atoms with Crippen LogP contribution < -0.4 is 5.32 Å². The van der Waals surface area contributed by atoms with Crippen molar-refractivity contribution in [2.75, 3.05) is 45.9 Å². The molecule has 2 N–H and O–H groups in total. The number of aliphatic hydroxyl groups excluding tert-OH is 1. The number of nitrogens with one attached hydrogen (secondary N) is 1. The molecule has 2 aliphatic rings. The predicted octanol–water partition coefficient (Wildman–Crippen LogP) is 0.520. The summed E-state index contributed by atoms with van der Waals surface area (Å²) >= 11 is 0. The van der Waals surface area contributed by atoms with Gasteiger partial charge in [0.15, 0.2) is 0 Å². The van der Waals surface area contributed by atoms with E-state index in [0.717, 1.165) is 45.7 Å². The van der Waals surface area contributed by atoms with Gasteiger partial charge in [0.2, 0.25) is 0 Å². The van der Waals surface area contributed by atoms with Crippen LogP contribution in [-0.2, 0) is 0 Å². The molecule has 0 saturated carbocycles. The molecule has 114 valence electrons. The fourth-order valence-corrected chi connectivity index (χ4v) is 3.40. The molecule has 0 aromatic heterocycles. The highest BCUT2D eigenvalue weighted by Crippen LogP contribution is 2.16. The fraction of sp³-hybridized carbons (Fsp3) is 0.875. The van der Waals surface area contributed by atoms with Crippen molar-refractivity contribution in [1.29, 1.82) is 0 Å². The standard InChI is InChI=1S/C16H29N3O/c1-2-9-18-11-6-15(7-12-18)17-8-13-19-10-4-3-5-16(19)14-20/h1,15-17,20H,3-14H2. The first-order chi connectivity index (χ1) is 9.83. The zero-order valence-electron chi connectivity index (χ0n) is 12.6. The Bertz CT molecular complexity index is 307. The van der Waals surface area contributed by atoms with E-state index in [1.54, 1.807) is 0 Å². The molecule has 2 rings (SSSR count). The second kappa shape index (κ2) is 8.63. The maximum atomic E-state index is 9.41. The molecule has 0 aliphatic carbocycles. The first kappa shape index (κ1) is 15.8. The van der Waals surface area contributed by atoms with E-state index in [-0.39, 0.29) is 0 Å². The van der Waals surface area contributed by atoms with Crippen LogP contribution in [0.15, 0.2) is 0 Å². The molecule has 0 spiro atoms. The van der Waals surface area contributed by atoms with E-state index >= 15 is 0 Å². The summed E-state index contributed by atoms with van der Waals surface area (Å²) in [4.78, 5) is 4.80. The second-order valence-corrected chi connectivity index (χ2v) is 6.08. The summed E-state index contributed by atoms with van der Waals surface area (Å²) < 4.78 is 0. The first-order valence-corrected chi connectivity index (χ1v) is 8.07. The van der Waals surface area contributed by atoms with Gasteiger partial charge in [-0.25, -0.2) is 0 Å². The van der Waals surface area contributed by atoms with Gasteiger partial charge in [-0.3, -0.25) is 9.80 Å². The molecule has 0 amide bonds. The van der Waals surface area contributed by atoms with Crippen LogP contribution in [0.5, 0.6) is 0 Å². The van der Waals surface area contributed by atoms with E-state index in [1.165, 1.54) is 25.7 Å². The molecule has 0 aromatic carbocycles. The monoisotopic (exact) mass is 279 g/mol. The van der Waals surface area contributed by atoms with Crippen molar-refractivity contribution in [3.8, 4) is 12.3 Å². The van der Waals surface area contributed by atoms with Crippen LogP contribution >= 0.6 is 0 Å². The van der Waals surface area contributed by atoms with Crippen molar-refractivity contribution >= 4 is 0 Å². The third-order valence-corrected chi connectivity index (χ3v) is 4.69. The Hall–Kier alpha value is -0.600. The van der Waals surface area contributed by atoms with E-state index in [0.29, 0.717) is 18.7 Å². The number of piperidine rings is 2. The van der Waals surface area contributed by atoms with Crippen molar-refractivity contribution < 1.29 is 5.11 Å². The summed E-state index contributed by atoms with van der Waals surface area (Å²) in [5, 5.41) is 13.1. The lowest BCUT2D eigenvalue weighted by atomic mass is 10.0. The van der Waals surface area contributed by atoms with Gasteiger partial charge in [-0.05, 0) is 32.2 Å². The van der Waals surface area contributed by atoms with Gasteiger partial charge in [0.05, 0.1) is 13.2 Å². The Morgan fingerprint density at radius 2 is 1.95 bits per heavy atom. The lowest BCUT2D eigenvalue weighted by molar-refractivity contribution is 0.0892. The van der Waals surface area contributed by atoms with E-state index in [1.807, 2.05) is 0 Å². The van der Waals surface area contributed by atoms with Gasteiger partial charge < -0.3 is 10.4 Å². The summed E-state index contributed by atoms with van der Waals surface area (Å²) in [6.07, 6.45) is 11.4. The number of hydrogen-bond donors (Lipinski definition) is 2. The molecule has 2 aliphatic heterocycles. The van der Waals surface area contributed by atoms with Crippen molar-refractivity contribution in [2.24, 2.45) is 0 Å². The smallest absolute Gasteiger partial charge is 0.0598 e. The van der Waals surface area contributed by atoms with Crippen molar-refractivity contribution in [2.45, 2.75) is 44.2 Å². The van der Waals surface area contributed by atoms with Gasteiger partial charge in [0.25, 0.3) is 0 Å². The lowest BCUT2D eigenvalue weighted by Gasteiger charge is -2.36. The molecule has 1 unspecified atom stereocenters. The van der Waals surface area contributed by atoms with E-state index < -0.39 is 0 Å². The highest BCUT2D eigenvalue weighted by Gasteiger charge is 2.22. The number of terminal acetylenes is 1. The van der Waals surface area contributed by atoms with Crippen LogP contribution in [0.2, 0.25) is 0 Å². The molecule has 2 heterocycles. The lowest BCUT2D eigenvalue weighted by Crippen LogP contribution is -2.48. The Labute approximate surface area is 123 Å². The molecule has 4 heteroatoms. The summed E-state index contributed by atoms with van der Waals surface area (Å²) in [7, 11) is 0. The predicted molar refractivity (Wildman–Crippen MR) is 82.6 cm³/mol. The van der Waals surface area contributed by atoms with E-state index in [2.05, 4.69) is 21.0 Å². The quantitative estimate of drug-likeness (QED) is 0.695. The van der Waals surface area contributed by atoms with Crippen LogP contribution in [0, 0.1) is 12.3 Å². The Morgan fingerprint density at radius 3 is 2.65 bits per heavy atom. The van der Waals surface area contributed by atoms with E-state index in [9.17, 15) is 5.11 Å². The molecular formula is C16H29N3O. The molecule has 2 fully saturated rings. The largest absolute Gasteiger partial charge is 0.395 e. The molecule has 4 nitrogen and oxygen atoms in total. The Balaban J connectivity index is 1.60. The van der Waals surface area contributed by atoms with Gasteiger partial charge in [-0.15, -0.1) is 6.42 Å². The third kappa shape index (κ3) is 4.75. The minimum atomic E-state index is 0.310. The molecule has 20 heavy (non-hydrogen) atoms. The van der Waals surface area contributed by atoms with E-state index in [4.69, 9.17) is 6.42 Å². The Kier molecular flexibility index (Phi) is 6.81.